The van der Waals surface area contributed by atoms with Gasteiger partial charge in [-0.05, 0) is 39.5 Å². The Labute approximate surface area is 127 Å². The van der Waals surface area contributed by atoms with E-state index in [1.54, 1.807) is 0 Å². The van der Waals surface area contributed by atoms with Gasteiger partial charge in [-0.25, -0.2) is 13.6 Å². The van der Waals surface area contributed by atoms with Crippen LogP contribution >= 0.6 is 15.9 Å². The van der Waals surface area contributed by atoms with Crippen LogP contribution in [-0.4, -0.2) is 20.4 Å². The Morgan fingerprint density at radius 2 is 1.90 bits per heavy atom. The Morgan fingerprint density at radius 3 is 2.30 bits per heavy atom. The quantitative estimate of drug-likeness (QED) is 0.752. The maximum absolute atomic E-state index is 12.0. The van der Waals surface area contributed by atoms with Crippen molar-refractivity contribution in [1.82, 2.24) is 0 Å². The molecule has 0 bridgehead atoms. The zero-order valence-corrected chi connectivity index (χ0v) is 13.9. The minimum atomic E-state index is -3.78. The molecule has 112 valence electrons. The summed E-state index contributed by atoms with van der Waals surface area (Å²) in [4.78, 5) is 12.0. The summed E-state index contributed by atoms with van der Waals surface area (Å²) < 4.78 is 22.8. The van der Waals surface area contributed by atoms with Gasteiger partial charge in [0.05, 0.1) is 16.6 Å². The number of carbonyl (C=O) groups excluding carboxylic acids is 1. The molecule has 1 amide bonds. The molecule has 20 heavy (non-hydrogen) atoms. The normalized spacial score (nSPS) is 13.9. The van der Waals surface area contributed by atoms with Gasteiger partial charge >= 0.3 is 0 Å². The Hall–Kier alpha value is -0.960. The number of amides is 1. The summed E-state index contributed by atoms with van der Waals surface area (Å²) in [6.45, 7) is 5.57. The molecule has 1 unspecified atom stereocenters. The largest absolute Gasteiger partial charge is 0.324 e. The van der Waals surface area contributed by atoms with Crippen LogP contribution in [0.4, 0.5) is 5.69 Å². The lowest BCUT2D eigenvalue weighted by Crippen LogP contribution is -2.45. The van der Waals surface area contributed by atoms with Crippen LogP contribution in [0.1, 0.15) is 20.8 Å². The molecule has 0 fully saturated rings. The predicted molar refractivity (Wildman–Crippen MR) is 81.6 cm³/mol. The van der Waals surface area contributed by atoms with Crippen LogP contribution in [0.15, 0.2) is 27.6 Å². The van der Waals surface area contributed by atoms with E-state index in [-0.39, 0.29) is 16.2 Å². The first-order valence-electron chi connectivity index (χ1n) is 5.81. The fraction of sp³-hybridized carbons (Fsp3) is 0.417. The highest BCUT2D eigenvalue weighted by molar-refractivity contribution is 9.10. The summed E-state index contributed by atoms with van der Waals surface area (Å²) in [7, 11) is -3.78. The number of hydrogen-bond acceptors (Lipinski definition) is 4. The Morgan fingerprint density at radius 1 is 1.35 bits per heavy atom. The van der Waals surface area contributed by atoms with Gasteiger partial charge in [-0.15, -0.1) is 0 Å². The standard InChI is InChI=1S/C12H18BrN3O3S/c1-12(2,3)10(14)11(17)16-9-5-4-7(6-8(9)13)20(15,18)19/h4-6,10H,14H2,1-3H3,(H,16,17)(H2,15,18,19). The van der Waals surface area contributed by atoms with E-state index in [0.29, 0.717) is 10.2 Å². The summed E-state index contributed by atoms with van der Waals surface area (Å²) in [6.07, 6.45) is 0. The fourth-order valence-corrected chi connectivity index (χ4v) is 2.55. The number of halogens is 1. The number of sulfonamides is 1. The topological polar surface area (TPSA) is 115 Å². The van der Waals surface area contributed by atoms with Crippen molar-refractivity contribution < 1.29 is 13.2 Å². The van der Waals surface area contributed by atoms with Gasteiger partial charge in [0.2, 0.25) is 15.9 Å². The molecular weight excluding hydrogens is 346 g/mol. The van der Waals surface area contributed by atoms with Crippen LogP contribution in [0, 0.1) is 5.41 Å². The average Bonchev–Trinajstić information content (AvgIpc) is 2.28. The van der Waals surface area contributed by atoms with Gasteiger partial charge in [0.15, 0.2) is 0 Å². The van der Waals surface area contributed by atoms with Crippen LogP contribution in [0.3, 0.4) is 0 Å². The zero-order valence-electron chi connectivity index (χ0n) is 11.5. The summed E-state index contributed by atoms with van der Waals surface area (Å²) in [6, 6.07) is 3.41. The van der Waals surface area contributed by atoms with Crippen molar-refractivity contribution in [3.05, 3.63) is 22.7 Å². The molecule has 8 heteroatoms. The van der Waals surface area contributed by atoms with Crippen LogP contribution in [0.25, 0.3) is 0 Å². The van der Waals surface area contributed by atoms with E-state index in [1.165, 1.54) is 18.2 Å². The van der Waals surface area contributed by atoms with Crippen LogP contribution in [0.2, 0.25) is 0 Å². The molecule has 0 saturated carbocycles. The van der Waals surface area contributed by atoms with Crippen molar-refractivity contribution in [2.24, 2.45) is 16.3 Å². The first-order valence-corrected chi connectivity index (χ1v) is 8.15. The van der Waals surface area contributed by atoms with Gasteiger partial charge in [-0.3, -0.25) is 4.79 Å². The third kappa shape index (κ3) is 4.27. The monoisotopic (exact) mass is 363 g/mol. The third-order valence-corrected chi connectivity index (χ3v) is 4.31. The van der Waals surface area contributed by atoms with Gasteiger partial charge in [-0.1, -0.05) is 20.8 Å². The average molecular weight is 364 g/mol. The van der Waals surface area contributed by atoms with E-state index in [2.05, 4.69) is 21.2 Å². The van der Waals surface area contributed by atoms with Crippen molar-refractivity contribution in [2.75, 3.05) is 5.32 Å². The van der Waals surface area contributed by atoms with Gasteiger partial charge < -0.3 is 11.1 Å². The first-order chi connectivity index (χ1) is 8.93. The summed E-state index contributed by atoms with van der Waals surface area (Å²) in [5.41, 5.74) is 5.90. The van der Waals surface area contributed by atoms with Gasteiger partial charge in [0.25, 0.3) is 0 Å². The minimum Gasteiger partial charge on any atom is -0.324 e. The highest BCUT2D eigenvalue weighted by Gasteiger charge is 2.27. The van der Waals surface area contributed by atoms with Crippen molar-refractivity contribution in [1.29, 1.82) is 0 Å². The molecule has 0 spiro atoms. The molecule has 1 aromatic rings. The van der Waals surface area contributed by atoms with Crippen molar-refractivity contribution in [3.63, 3.8) is 0 Å². The molecule has 0 aliphatic heterocycles. The molecule has 1 atom stereocenters. The number of nitrogens with one attached hydrogen (secondary N) is 1. The summed E-state index contributed by atoms with van der Waals surface area (Å²) in [5, 5.41) is 7.68. The Bertz CT molecular complexity index is 623. The lowest BCUT2D eigenvalue weighted by Gasteiger charge is -2.26. The van der Waals surface area contributed by atoms with Crippen LogP contribution in [0.5, 0.6) is 0 Å². The van der Waals surface area contributed by atoms with E-state index in [0.717, 1.165) is 0 Å². The second-order valence-electron chi connectivity index (χ2n) is 5.52. The lowest BCUT2D eigenvalue weighted by molar-refractivity contribution is -0.119. The van der Waals surface area contributed by atoms with E-state index in [4.69, 9.17) is 10.9 Å². The zero-order chi connectivity index (χ0) is 15.7. The molecule has 1 rings (SSSR count). The number of hydrogen-bond donors (Lipinski definition) is 3. The molecule has 0 saturated heterocycles. The SMILES string of the molecule is CC(C)(C)C(N)C(=O)Nc1ccc(S(N)(=O)=O)cc1Br. The third-order valence-electron chi connectivity index (χ3n) is 2.74. The van der Waals surface area contributed by atoms with Crippen molar-refractivity contribution in [2.45, 2.75) is 31.7 Å². The minimum absolute atomic E-state index is 0.0394. The second kappa shape index (κ2) is 5.80. The molecule has 1 aromatic carbocycles. The number of rotatable bonds is 3. The lowest BCUT2D eigenvalue weighted by atomic mass is 9.87. The van der Waals surface area contributed by atoms with E-state index in [9.17, 15) is 13.2 Å². The Balaban J connectivity index is 2.98. The molecule has 5 N–H and O–H groups in total. The second-order valence-corrected chi connectivity index (χ2v) is 7.94. The number of primary sulfonamides is 1. The maximum atomic E-state index is 12.0. The van der Waals surface area contributed by atoms with Crippen molar-refractivity contribution >= 4 is 37.5 Å². The number of carbonyl (C=O) groups is 1. The molecule has 0 heterocycles. The maximum Gasteiger partial charge on any atom is 0.241 e. The number of nitrogens with two attached hydrogens (primary N) is 2. The molecule has 6 nitrogen and oxygen atoms in total. The van der Waals surface area contributed by atoms with Gasteiger partial charge in [-0.2, -0.15) is 0 Å². The fourth-order valence-electron chi connectivity index (χ4n) is 1.38. The molecule has 0 radical (unpaired) electrons. The highest BCUT2D eigenvalue weighted by Crippen LogP contribution is 2.26. The molecule has 0 aromatic heterocycles. The van der Waals surface area contributed by atoms with Gasteiger partial charge in [0, 0.05) is 4.47 Å². The summed E-state index contributed by atoms with van der Waals surface area (Å²) in [5.74, 6) is -0.346. The molecule has 0 aliphatic carbocycles. The first kappa shape index (κ1) is 17.1. The Kier molecular flexibility index (Phi) is 4.96. The number of anilines is 1. The van der Waals surface area contributed by atoms with Gasteiger partial charge in [0.1, 0.15) is 0 Å². The van der Waals surface area contributed by atoms with E-state index >= 15 is 0 Å². The molecule has 0 aliphatic rings. The summed E-state index contributed by atoms with van der Waals surface area (Å²) >= 11 is 3.19. The van der Waals surface area contributed by atoms with E-state index in [1.807, 2.05) is 20.8 Å². The van der Waals surface area contributed by atoms with Crippen LogP contribution < -0.4 is 16.2 Å². The number of benzene rings is 1. The van der Waals surface area contributed by atoms with Crippen LogP contribution in [-0.2, 0) is 14.8 Å². The van der Waals surface area contributed by atoms with E-state index < -0.39 is 16.1 Å². The molecular formula is C12H18BrN3O3S. The highest BCUT2D eigenvalue weighted by atomic mass is 79.9. The van der Waals surface area contributed by atoms with Crippen molar-refractivity contribution in [3.8, 4) is 0 Å². The predicted octanol–water partition coefficient (Wildman–Crippen LogP) is 1.41. The smallest absolute Gasteiger partial charge is 0.241 e.